The Morgan fingerprint density at radius 3 is 2.39 bits per heavy atom. The van der Waals surface area contributed by atoms with E-state index in [2.05, 4.69) is 19.2 Å². The lowest BCUT2D eigenvalue weighted by Crippen LogP contribution is -2.38. The van der Waals surface area contributed by atoms with Gasteiger partial charge >= 0.3 is 7.60 Å². The number of aliphatic hydroxyl groups excluding tert-OH is 1. The van der Waals surface area contributed by atoms with Crippen molar-refractivity contribution in [3.05, 3.63) is 35.9 Å². The second-order valence-corrected chi connectivity index (χ2v) is 9.89. The Balaban J connectivity index is 2.48. The van der Waals surface area contributed by atoms with Gasteiger partial charge in [0, 0.05) is 6.42 Å². The highest BCUT2D eigenvalue weighted by atomic mass is 31.2. The van der Waals surface area contributed by atoms with Crippen LogP contribution in [0, 0.1) is 0 Å². The van der Waals surface area contributed by atoms with Crippen molar-refractivity contribution in [1.82, 2.24) is 5.32 Å². The van der Waals surface area contributed by atoms with Crippen molar-refractivity contribution in [3.8, 4) is 0 Å². The number of hydrogen-bond donors (Lipinski definition) is 3. The van der Waals surface area contributed by atoms with E-state index in [1.54, 1.807) is 0 Å². The number of hydrogen-bond acceptors (Lipinski definition) is 5. The van der Waals surface area contributed by atoms with Gasteiger partial charge in [0.2, 0.25) is 5.91 Å². The van der Waals surface area contributed by atoms with Crippen LogP contribution >= 0.6 is 7.60 Å². The molecule has 178 valence electrons. The van der Waals surface area contributed by atoms with Crippen molar-refractivity contribution < 1.29 is 28.6 Å². The minimum absolute atomic E-state index is 0.0722. The highest BCUT2D eigenvalue weighted by molar-refractivity contribution is 7.53. The van der Waals surface area contributed by atoms with Crippen LogP contribution in [0.25, 0.3) is 0 Å². The number of unbranched alkanes of at least 4 members (excludes halogenated alkanes) is 5. The maximum atomic E-state index is 12.4. The molecule has 1 amide bonds. The number of aliphatic hydroxyl groups is 1. The third-order valence-electron chi connectivity index (χ3n) is 4.99. The van der Waals surface area contributed by atoms with E-state index in [1.165, 1.54) is 0 Å². The van der Waals surface area contributed by atoms with Gasteiger partial charge in [-0.05, 0) is 18.4 Å². The van der Waals surface area contributed by atoms with E-state index in [-0.39, 0.29) is 31.8 Å². The molecule has 1 rings (SSSR count). The number of ether oxygens (including phenoxy) is 1. The van der Waals surface area contributed by atoms with Crippen molar-refractivity contribution in [2.45, 2.75) is 90.1 Å². The van der Waals surface area contributed by atoms with Gasteiger partial charge in [0.25, 0.3) is 0 Å². The molecule has 0 radical (unpaired) electrons. The minimum atomic E-state index is -4.29. The first-order valence-electron chi connectivity index (χ1n) is 11.4. The van der Waals surface area contributed by atoms with Gasteiger partial charge < -0.3 is 24.6 Å². The van der Waals surface area contributed by atoms with Crippen LogP contribution in [0.1, 0.15) is 77.2 Å². The maximum absolute atomic E-state index is 12.4. The fraction of sp³-hybridized carbons (Fsp3) is 0.696. The zero-order valence-corrected chi connectivity index (χ0v) is 19.9. The number of carbonyl (C=O) groups is 1. The summed E-state index contributed by atoms with van der Waals surface area (Å²) in [4.78, 5) is 22.3. The van der Waals surface area contributed by atoms with Crippen LogP contribution in [0.4, 0.5) is 0 Å². The van der Waals surface area contributed by atoms with Gasteiger partial charge in [-0.2, -0.15) is 0 Å². The largest absolute Gasteiger partial charge is 0.378 e. The van der Waals surface area contributed by atoms with Crippen LogP contribution in [-0.2, 0) is 25.2 Å². The van der Waals surface area contributed by atoms with Gasteiger partial charge in [-0.3, -0.25) is 9.36 Å². The van der Waals surface area contributed by atoms with Gasteiger partial charge in [-0.15, -0.1) is 0 Å². The fourth-order valence-electron chi connectivity index (χ4n) is 3.08. The molecule has 3 N–H and O–H groups in total. The Kier molecular flexibility index (Phi) is 14.7. The number of rotatable bonds is 18. The molecular formula is C23H40NO6P. The molecule has 1 aromatic rings. The number of carbonyl (C=O) groups excluding carboxylic acids is 1. The van der Waals surface area contributed by atoms with E-state index >= 15 is 0 Å². The molecule has 3 atom stereocenters. The van der Waals surface area contributed by atoms with Gasteiger partial charge in [-0.25, -0.2) is 0 Å². The zero-order chi connectivity index (χ0) is 23.0. The molecule has 31 heavy (non-hydrogen) atoms. The first-order chi connectivity index (χ1) is 14.9. The predicted octanol–water partition coefficient (Wildman–Crippen LogP) is 4.76. The molecule has 0 heterocycles. The Bertz CT molecular complexity index is 642. The summed E-state index contributed by atoms with van der Waals surface area (Å²) in [6.45, 7) is 4.00. The smallest absolute Gasteiger partial charge is 0.358 e. The van der Waals surface area contributed by atoms with Crippen LogP contribution in [-0.4, -0.2) is 41.0 Å². The van der Waals surface area contributed by atoms with Crippen molar-refractivity contribution >= 4 is 13.5 Å². The van der Waals surface area contributed by atoms with Crippen LogP contribution < -0.4 is 5.32 Å². The summed E-state index contributed by atoms with van der Waals surface area (Å²) in [5.74, 6) is -1.71. The molecule has 8 heteroatoms. The molecule has 0 aliphatic heterocycles. The Morgan fingerprint density at radius 1 is 1.03 bits per heavy atom. The summed E-state index contributed by atoms with van der Waals surface area (Å²) < 4.78 is 23.0. The Hall–Kier alpha value is -1.24. The SMILES string of the molecule is CCCCCCC(COP(=O)(O)C(O)COCc1ccccc1)NC(=O)CCCCC. The lowest BCUT2D eigenvalue weighted by atomic mass is 10.1. The molecule has 0 saturated carbocycles. The summed E-state index contributed by atoms with van der Waals surface area (Å²) in [5, 5.41) is 13.0. The van der Waals surface area contributed by atoms with E-state index in [1.807, 2.05) is 30.3 Å². The Labute approximate surface area is 187 Å². The molecule has 0 aliphatic carbocycles. The van der Waals surface area contributed by atoms with Gasteiger partial charge in [0.1, 0.15) is 0 Å². The van der Waals surface area contributed by atoms with Crippen molar-refractivity contribution in [3.63, 3.8) is 0 Å². The molecular weight excluding hydrogens is 417 g/mol. The topological polar surface area (TPSA) is 105 Å². The summed E-state index contributed by atoms with van der Waals surface area (Å²) in [7, 11) is -4.29. The highest BCUT2D eigenvalue weighted by Gasteiger charge is 2.32. The lowest BCUT2D eigenvalue weighted by molar-refractivity contribution is -0.122. The third kappa shape index (κ3) is 13.0. The maximum Gasteiger partial charge on any atom is 0.358 e. The van der Waals surface area contributed by atoms with Crippen LogP contribution in [0.15, 0.2) is 30.3 Å². The monoisotopic (exact) mass is 457 g/mol. The van der Waals surface area contributed by atoms with Crippen molar-refractivity contribution in [2.24, 2.45) is 0 Å². The van der Waals surface area contributed by atoms with Gasteiger partial charge in [-0.1, -0.05) is 82.7 Å². The number of nitrogens with one attached hydrogen (secondary N) is 1. The van der Waals surface area contributed by atoms with Gasteiger partial charge in [0.15, 0.2) is 5.85 Å². The summed E-state index contributed by atoms with van der Waals surface area (Å²) in [6.07, 6.45) is 8.09. The van der Waals surface area contributed by atoms with E-state index in [0.29, 0.717) is 12.8 Å². The van der Waals surface area contributed by atoms with Gasteiger partial charge in [0.05, 0.1) is 25.9 Å². The minimum Gasteiger partial charge on any atom is -0.378 e. The molecule has 1 aromatic carbocycles. The van der Waals surface area contributed by atoms with E-state index in [9.17, 15) is 19.4 Å². The molecule has 0 bridgehead atoms. The Morgan fingerprint density at radius 2 is 1.71 bits per heavy atom. The third-order valence-corrected chi connectivity index (χ3v) is 6.42. The quantitative estimate of drug-likeness (QED) is 0.217. The standard InChI is InChI=1S/C23H40NO6P/c1-3-5-7-12-15-21(24-22(25)16-9-6-4-2)18-30-31(27,28)23(26)19-29-17-20-13-10-8-11-14-20/h8,10-11,13-14,21,23,26H,3-7,9,12,15-19H2,1-2H3,(H,24,25)(H,27,28). The van der Waals surface area contributed by atoms with Crippen molar-refractivity contribution in [1.29, 1.82) is 0 Å². The summed E-state index contributed by atoms with van der Waals surface area (Å²) in [5.41, 5.74) is 0.904. The summed E-state index contributed by atoms with van der Waals surface area (Å²) >= 11 is 0. The highest BCUT2D eigenvalue weighted by Crippen LogP contribution is 2.46. The molecule has 0 spiro atoms. The predicted molar refractivity (Wildman–Crippen MR) is 123 cm³/mol. The molecule has 0 saturated heterocycles. The molecule has 3 unspecified atom stereocenters. The fourth-order valence-corrected chi connectivity index (χ4v) is 3.94. The lowest BCUT2D eigenvalue weighted by Gasteiger charge is -2.23. The second-order valence-electron chi connectivity index (χ2n) is 7.91. The first kappa shape index (κ1) is 27.8. The van der Waals surface area contributed by atoms with E-state index in [0.717, 1.165) is 50.5 Å². The van der Waals surface area contributed by atoms with Crippen LogP contribution in [0.3, 0.4) is 0 Å². The number of benzene rings is 1. The second kappa shape index (κ2) is 16.4. The van der Waals surface area contributed by atoms with Crippen LogP contribution in [0.5, 0.6) is 0 Å². The van der Waals surface area contributed by atoms with Crippen LogP contribution in [0.2, 0.25) is 0 Å². The van der Waals surface area contributed by atoms with E-state index < -0.39 is 13.4 Å². The zero-order valence-electron chi connectivity index (χ0n) is 19.0. The summed E-state index contributed by atoms with van der Waals surface area (Å²) in [6, 6.07) is 9.00. The normalized spacial score (nSPS) is 15.2. The van der Waals surface area contributed by atoms with E-state index in [4.69, 9.17) is 9.26 Å². The molecule has 7 nitrogen and oxygen atoms in total. The van der Waals surface area contributed by atoms with Crippen molar-refractivity contribution in [2.75, 3.05) is 13.2 Å². The average molecular weight is 458 g/mol. The average Bonchev–Trinajstić information content (AvgIpc) is 2.75. The molecule has 0 aliphatic rings. The first-order valence-corrected chi connectivity index (χ1v) is 13.1. The number of amides is 1. The molecule has 0 fully saturated rings. The molecule has 0 aromatic heterocycles.